The van der Waals surface area contributed by atoms with Gasteiger partial charge in [0.25, 0.3) is 5.91 Å². The average Bonchev–Trinajstić information content (AvgIpc) is 2.79. The van der Waals surface area contributed by atoms with E-state index in [-0.39, 0.29) is 12.5 Å². The number of nitrogens with zero attached hydrogens (tertiary/aromatic N) is 4. The van der Waals surface area contributed by atoms with Crippen LogP contribution in [0.1, 0.15) is 5.56 Å². The molecule has 0 aliphatic carbocycles. The van der Waals surface area contributed by atoms with Crippen molar-refractivity contribution in [2.75, 3.05) is 75.8 Å². The molecule has 30 heavy (non-hydrogen) atoms. The molecule has 6 nitrogen and oxygen atoms in total. The number of anilines is 2. The van der Waals surface area contributed by atoms with Crippen molar-refractivity contribution < 1.29 is 9.53 Å². The van der Waals surface area contributed by atoms with Crippen LogP contribution >= 0.6 is 0 Å². The second-order valence-electron chi connectivity index (χ2n) is 8.23. The number of hydrogen-bond acceptors (Lipinski definition) is 5. The number of benzene rings is 2. The summed E-state index contributed by atoms with van der Waals surface area (Å²) in [7, 11) is 2.16. The fraction of sp³-hybridized carbons (Fsp3) is 0.458. The predicted molar refractivity (Wildman–Crippen MR) is 122 cm³/mol. The van der Waals surface area contributed by atoms with E-state index in [4.69, 9.17) is 4.74 Å². The normalized spacial score (nSPS) is 17.9. The lowest BCUT2D eigenvalue weighted by atomic mass is 10.1. The molecule has 0 N–H and O–H groups in total. The van der Waals surface area contributed by atoms with Gasteiger partial charge in [0.1, 0.15) is 5.75 Å². The molecular formula is C24H32N4O2. The molecule has 160 valence electrons. The van der Waals surface area contributed by atoms with Gasteiger partial charge in [-0.1, -0.05) is 24.3 Å². The Morgan fingerprint density at radius 3 is 2.30 bits per heavy atom. The number of likely N-dealkylation sites (N-methyl/N-ethyl adjacent to an activating group) is 1. The summed E-state index contributed by atoms with van der Waals surface area (Å²) >= 11 is 0. The summed E-state index contributed by atoms with van der Waals surface area (Å²) in [6.45, 7) is 9.58. The molecule has 0 atom stereocenters. The van der Waals surface area contributed by atoms with Crippen molar-refractivity contribution in [3.63, 3.8) is 0 Å². The first-order valence-corrected chi connectivity index (χ1v) is 10.8. The van der Waals surface area contributed by atoms with Crippen molar-refractivity contribution in [3.8, 4) is 5.75 Å². The smallest absolute Gasteiger partial charge is 0.260 e. The first kappa shape index (κ1) is 20.5. The summed E-state index contributed by atoms with van der Waals surface area (Å²) in [5.74, 6) is 0.822. The van der Waals surface area contributed by atoms with Gasteiger partial charge < -0.3 is 24.3 Å². The second kappa shape index (κ2) is 9.39. The van der Waals surface area contributed by atoms with E-state index in [0.717, 1.165) is 58.1 Å². The summed E-state index contributed by atoms with van der Waals surface area (Å²) in [6, 6.07) is 16.5. The van der Waals surface area contributed by atoms with Crippen LogP contribution in [0.2, 0.25) is 0 Å². The molecule has 2 aliphatic heterocycles. The van der Waals surface area contributed by atoms with Crippen LogP contribution in [-0.4, -0.2) is 81.7 Å². The molecule has 2 aliphatic rings. The van der Waals surface area contributed by atoms with E-state index in [1.807, 2.05) is 17.0 Å². The SMILES string of the molecule is Cc1ccccc1N1CCN(C(=O)COc2cccc(N3CCN(C)CC3)c2)CC1. The minimum absolute atomic E-state index is 0.0597. The molecule has 0 aromatic heterocycles. The van der Waals surface area contributed by atoms with E-state index >= 15 is 0 Å². The minimum atomic E-state index is 0.0597. The lowest BCUT2D eigenvalue weighted by Crippen LogP contribution is -2.50. The highest BCUT2D eigenvalue weighted by molar-refractivity contribution is 5.78. The number of piperazine rings is 2. The van der Waals surface area contributed by atoms with Gasteiger partial charge in [0.15, 0.2) is 6.61 Å². The Kier molecular flexibility index (Phi) is 6.43. The molecule has 0 saturated carbocycles. The highest BCUT2D eigenvalue weighted by atomic mass is 16.5. The molecule has 0 spiro atoms. The zero-order chi connectivity index (χ0) is 20.9. The Labute approximate surface area is 179 Å². The van der Waals surface area contributed by atoms with Crippen LogP contribution < -0.4 is 14.5 Å². The molecule has 0 unspecified atom stereocenters. The third kappa shape index (κ3) is 4.87. The van der Waals surface area contributed by atoms with Crippen molar-refractivity contribution in [1.29, 1.82) is 0 Å². The number of rotatable bonds is 5. The second-order valence-corrected chi connectivity index (χ2v) is 8.23. The molecule has 4 rings (SSSR count). The van der Waals surface area contributed by atoms with Gasteiger partial charge in [0.2, 0.25) is 0 Å². The lowest BCUT2D eigenvalue weighted by molar-refractivity contribution is -0.133. The maximum atomic E-state index is 12.7. The van der Waals surface area contributed by atoms with Crippen LogP contribution in [0, 0.1) is 6.92 Å². The van der Waals surface area contributed by atoms with Crippen LogP contribution in [0.4, 0.5) is 11.4 Å². The van der Waals surface area contributed by atoms with Gasteiger partial charge in [0.05, 0.1) is 0 Å². The summed E-state index contributed by atoms with van der Waals surface area (Å²) in [5, 5.41) is 0. The maximum Gasteiger partial charge on any atom is 0.260 e. The van der Waals surface area contributed by atoms with Gasteiger partial charge in [-0.25, -0.2) is 0 Å². The first-order chi connectivity index (χ1) is 14.6. The van der Waals surface area contributed by atoms with E-state index in [1.165, 1.54) is 16.9 Å². The van der Waals surface area contributed by atoms with Crippen molar-refractivity contribution in [1.82, 2.24) is 9.80 Å². The molecule has 0 radical (unpaired) electrons. The van der Waals surface area contributed by atoms with Gasteiger partial charge in [-0.3, -0.25) is 4.79 Å². The molecule has 0 bridgehead atoms. The molecule has 2 heterocycles. The summed E-state index contributed by atoms with van der Waals surface area (Å²) in [5.41, 5.74) is 3.71. The van der Waals surface area contributed by atoms with E-state index in [2.05, 4.69) is 65.1 Å². The van der Waals surface area contributed by atoms with Gasteiger partial charge in [-0.15, -0.1) is 0 Å². The Bertz CT molecular complexity index is 856. The average molecular weight is 409 g/mol. The standard InChI is InChI=1S/C24H32N4O2/c1-20-6-3-4-9-23(20)27-14-16-28(17-15-27)24(29)19-30-22-8-5-7-21(18-22)26-12-10-25(2)11-13-26/h3-9,18H,10-17,19H2,1-2H3. The minimum Gasteiger partial charge on any atom is -0.484 e. The Balaban J connectivity index is 1.27. The molecule has 2 aromatic carbocycles. The maximum absolute atomic E-state index is 12.7. The van der Waals surface area contributed by atoms with Gasteiger partial charge >= 0.3 is 0 Å². The van der Waals surface area contributed by atoms with E-state index < -0.39 is 0 Å². The third-order valence-electron chi connectivity index (χ3n) is 6.14. The number of carbonyl (C=O) groups is 1. The largest absolute Gasteiger partial charge is 0.484 e. The molecule has 2 saturated heterocycles. The van der Waals surface area contributed by atoms with Crippen LogP contribution in [0.25, 0.3) is 0 Å². The topological polar surface area (TPSA) is 39.3 Å². The zero-order valence-electron chi connectivity index (χ0n) is 18.1. The summed E-state index contributed by atoms with van der Waals surface area (Å²) < 4.78 is 5.86. The quantitative estimate of drug-likeness (QED) is 0.760. The summed E-state index contributed by atoms with van der Waals surface area (Å²) in [6.07, 6.45) is 0. The Hall–Kier alpha value is -2.73. The van der Waals surface area contributed by atoms with Crippen LogP contribution in [0.15, 0.2) is 48.5 Å². The molecule has 1 amide bonds. The number of aryl methyl sites for hydroxylation is 1. The van der Waals surface area contributed by atoms with Gasteiger partial charge in [-0.05, 0) is 37.7 Å². The van der Waals surface area contributed by atoms with Crippen molar-refractivity contribution >= 4 is 17.3 Å². The van der Waals surface area contributed by atoms with Crippen molar-refractivity contribution in [2.24, 2.45) is 0 Å². The highest BCUT2D eigenvalue weighted by Crippen LogP contribution is 2.23. The van der Waals surface area contributed by atoms with Gasteiger partial charge in [-0.2, -0.15) is 0 Å². The molecular weight excluding hydrogens is 376 g/mol. The Morgan fingerprint density at radius 2 is 1.57 bits per heavy atom. The van der Waals surface area contributed by atoms with E-state index in [9.17, 15) is 4.79 Å². The van der Waals surface area contributed by atoms with Crippen LogP contribution in [0.3, 0.4) is 0 Å². The monoisotopic (exact) mass is 408 g/mol. The number of para-hydroxylation sites is 1. The third-order valence-corrected chi connectivity index (χ3v) is 6.14. The van der Waals surface area contributed by atoms with Gasteiger partial charge in [0, 0.05) is 69.8 Å². The molecule has 6 heteroatoms. The Morgan fingerprint density at radius 1 is 0.867 bits per heavy atom. The molecule has 2 aromatic rings. The number of ether oxygens (including phenoxy) is 1. The lowest BCUT2D eigenvalue weighted by Gasteiger charge is -2.36. The number of hydrogen-bond donors (Lipinski definition) is 0. The van der Waals surface area contributed by atoms with E-state index in [0.29, 0.717) is 0 Å². The molecule has 2 fully saturated rings. The zero-order valence-corrected chi connectivity index (χ0v) is 18.1. The summed E-state index contributed by atoms with van der Waals surface area (Å²) in [4.78, 5) is 21.7. The van der Waals surface area contributed by atoms with E-state index in [1.54, 1.807) is 0 Å². The number of amides is 1. The first-order valence-electron chi connectivity index (χ1n) is 10.8. The highest BCUT2D eigenvalue weighted by Gasteiger charge is 2.22. The van der Waals surface area contributed by atoms with Crippen molar-refractivity contribution in [3.05, 3.63) is 54.1 Å². The van der Waals surface area contributed by atoms with Crippen LogP contribution in [0.5, 0.6) is 5.75 Å². The van der Waals surface area contributed by atoms with Crippen molar-refractivity contribution in [2.45, 2.75) is 6.92 Å². The van der Waals surface area contributed by atoms with Crippen LogP contribution in [-0.2, 0) is 4.79 Å². The number of carbonyl (C=O) groups excluding carboxylic acids is 1. The fourth-order valence-corrected chi connectivity index (χ4v) is 4.19. The fourth-order valence-electron chi connectivity index (χ4n) is 4.19. The predicted octanol–water partition coefficient (Wildman–Crippen LogP) is 2.47.